The van der Waals surface area contributed by atoms with Crippen LogP contribution in [-0.2, 0) is 14.8 Å². The summed E-state index contributed by atoms with van der Waals surface area (Å²) in [4.78, 5) is 0. The molecule has 1 aromatic rings. The number of halogens is 1. The molecule has 0 amide bonds. The number of nitrogens with zero attached hydrogens (tertiary/aromatic N) is 1. The third kappa shape index (κ3) is 2.82. The molecule has 1 aliphatic heterocycles. The van der Waals surface area contributed by atoms with Gasteiger partial charge in [-0.25, -0.2) is 8.42 Å². The van der Waals surface area contributed by atoms with Crippen molar-refractivity contribution in [2.24, 2.45) is 0 Å². The Labute approximate surface area is 110 Å². The van der Waals surface area contributed by atoms with Crippen molar-refractivity contribution in [3.05, 3.63) is 16.5 Å². The first-order valence-electron chi connectivity index (χ1n) is 5.21. The Morgan fingerprint density at radius 3 is 2.71 bits per heavy atom. The standard InChI is InChI=1S/C10H14ClNO3S2/c1-10(2)7-12(5-6-15-10)17(13,14)9-4-3-8(11)16-9/h3-4H,5-7H2,1-2H3. The van der Waals surface area contributed by atoms with Crippen LogP contribution in [0.15, 0.2) is 16.3 Å². The number of thiophene rings is 1. The molecule has 1 aromatic heterocycles. The number of rotatable bonds is 2. The van der Waals surface area contributed by atoms with Crippen LogP contribution in [0.2, 0.25) is 4.34 Å². The molecule has 2 heterocycles. The Morgan fingerprint density at radius 1 is 1.47 bits per heavy atom. The molecule has 1 saturated heterocycles. The van der Waals surface area contributed by atoms with E-state index in [4.69, 9.17) is 16.3 Å². The Bertz CT molecular complexity index is 509. The molecule has 96 valence electrons. The maximum atomic E-state index is 12.3. The zero-order valence-electron chi connectivity index (χ0n) is 9.64. The summed E-state index contributed by atoms with van der Waals surface area (Å²) < 4.78 is 32.4. The Morgan fingerprint density at radius 2 is 2.18 bits per heavy atom. The topological polar surface area (TPSA) is 46.6 Å². The molecule has 7 heteroatoms. The summed E-state index contributed by atoms with van der Waals surface area (Å²) in [6, 6.07) is 3.15. The summed E-state index contributed by atoms with van der Waals surface area (Å²) in [6.07, 6.45) is 0. The maximum Gasteiger partial charge on any atom is 0.252 e. The normalized spacial score (nSPS) is 21.6. The quantitative estimate of drug-likeness (QED) is 0.840. The molecule has 0 spiro atoms. The van der Waals surface area contributed by atoms with Crippen molar-refractivity contribution in [1.82, 2.24) is 4.31 Å². The van der Waals surface area contributed by atoms with Gasteiger partial charge in [0.15, 0.2) is 0 Å². The van der Waals surface area contributed by atoms with E-state index in [2.05, 4.69) is 0 Å². The van der Waals surface area contributed by atoms with Gasteiger partial charge in [0.25, 0.3) is 10.0 Å². The highest BCUT2D eigenvalue weighted by molar-refractivity contribution is 7.91. The van der Waals surface area contributed by atoms with Crippen molar-refractivity contribution in [2.75, 3.05) is 19.7 Å². The fourth-order valence-corrected chi connectivity index (χ4v) is 4.95. The number of hydrogen-bond acceptors (Lipinski definition) is 4. The second-order valence-corrected chi connectivity index (χ2v) is 8.39. The fourth-order valence-electron chi connectivity index (χ4n) is 1.74. The van der Waals surface area contributed by atoms with Gasteiger partial charge in [-0.3, -0.25) is 0 Å². The molecule has 2 rings (SSSR count). The second-order valence-electron chi connectivity index (χ2n) is 4.51. The molecule has 0 saturated carbocycles. The van der Waals surface area contributed by atoms with E-state index in [1.54, 1.807) is 12.1 Å². The molecular formula is C10H14ClNO3S2. The molecule has 0 aliphatic carbocycles. The molecule has 0 atom stereocenters. The average Bonchev–Trinajstić information content (AvgIpc) is 2.64. The molecule has 17 heavy (non-hydrogen) atoms. The van der Waals surface area contributed by atoms with E-state index >= 15 is 0 Å². The van der Waals surface area contributed by atoms with E-state index in [0.29, 0.717) is 28.2 Å². The number of ether oxygens (including phenoxy) is 1. The zero-order valence-corrected chi connectivity index (χ0v) is 12.0. The highest BCUT2D eigenvalue weighted by Gasteiger charge is 2.35. The number of hydrogen-bond donors (Lipinski definition) is 0. The van der Waals surface area contributed by atoms with E-state index in [-0.39, 0.29) is 0 Å². The SMILES string of the molecule is CC1(C)CN(S(=O)(=O)c2ccc(Cl)s2)CCO1. The summed E-state index contributed by atoms with van der Waals surface area (Å²) in [5.41, 5.74) is -0.438. The van der Waals surface area contributed by atoms with Gasteiger partial charge in [-0.2, -0.15) is 4.31 Å². The monoisotopic (exact) mass is 295 g/mol. The van der Waals surface area contributed by atoms with Gasteiger partial charge in [-0.05, 0) is 26.0 Å². The van der Waals surface area contributed by atoms with Crippen LogP contribution in [-0.4, -0.2) is 38.0 Å². The van der Waals surface area contributed by atoms with E-state index in [0.717, 1.165) is 11.3 Å². The predicted molar refractivity (Wildman–Crippen MR) is 68.1 cm³/mol. The molecule has 0 N–H and O–H groups in total. The van der Waals surface area contributed by atoms with Crippen LogP contribution >= 0.6 is 22.9 Å². The van der Waals surface area contributed by atoms with Crippen LogP contribution in [0.5, 0.6) is 0 Å². The van der Waals surface area contributed by atoms with Crippen molar-refractivity contribution in [3.63, 3.8) is 0 Å². The Kier molecular flexibility index (Phi) is 3.53. The molecule has 1 aliphatic rings. The van der Waals surface area contributed by atoms with Crippen LogP contribution in [0.3, 0.4) is 0 Å². The molecule has 0 radical (unpaired) electrons. The molecular weight excluding hydrogens is 282 g/mol. The number of sulfonamides is 1. The molecule has 0 unspecified atom stereocenters. The Hall–Kier alpha value is -0.140. The lowest BCUT2D eigenvalue weighted by molar-refractivity contribution is -0.0639. The molecule has 0 bridgehead atoms. The first-order valence-corrected chi connectivity index (χ1v) is 7.84. The van der Waals surface area contributed by atoms with Crippen molar-refractivity contribution >= 4 is 33.0 Å². The van der Waals surface area contributed by atoms with Crippen molar-refractivity contribution < 1.29 is 13.2 Å². The minimum atomic E-state index is -3.42. The van der Waals surface area contributed by atoms with Gasteiger partial charge in [0.2, 0.25) is 0 Å². The van der Waals surface area contributed by atoms with E-state index in [9.17, 15) is 8.42 Å². The Balaban J connectivity index is 2.27. The van der Waals surface area contributed by atoms with E-state index in [1.165, 1.54) is 4.31 Å². The largest absolute Gasteiger partial charge is 0.373 e. The van der Waals surface area contributed by atoms with Crippen molar-refractivity contribution in [1.29, 1.82) is 0 Å². The van der Waals surface area contributed by atoms with Gasteiger partial charge in [-0.15, -0.1) is 11.3 Å². The molecule has 1 fully saturated rings. The molecule has 4 nitrogen and oxygen atoms in total. The first-order chi connectivity index (χ1) is 7.81. The van der Waals surface area contributed by atoms with Crippen LogP contribution in [0, 0.1) is 0 Å². The predicted octanol–water partition coefficient (Wildman–Crippen LogP) is 2.20. The lowest BCUT2D eigenvalue weighted by Gasteiger charge is -2.36. The van der Waals surface area contributed by atoms with Crippen molar-refractivity contribution in [3.8, 4) is 0 Å². The fraction of sp³-hybridized carbons (Fsp3) is 0.600. The van der Waals surface area contributed by atoms with Crippen LogP contribution in [0.4, 0.5) is 0 Å². The highest BCUT2D eigenvalue weighted by atomic mass is 35.5. The molecule has 0 aromatic carbocycles. The van der Waals surface area contributed by atoms with Crippen LogP contribution in [0.1, 0.15) is 13.8 Å². The average molecular weight is 296 g/mol. The summed E-state index contributed by atoms with van der Waals surface area (Å²) in [6.45, 7) is 4.95. The van der Waals surface area contributed by atoms with E-state index in [1.807, 2.05) is 13.8 Å². The van der Waals surface area contributed by atoms with Crippen LogP contribution < -0.4 is 0 Å². The zero-order chi connectivity index (χ0) is 12.7. The van der Waals surface area contributed by atoms with Gasteiger partial charge in [0.1, 0.15) is 4.21 Å². The summed E-state index contributed by atoms with van der Waals surface area (Å²) in [5.74, 6) is 0. The maximum absolute atomic E-state index is 12.3. The highest BCUT2D eigenvalue weighted by Crippen LogP contribution is 2.30. The van der Waals surface area contributed by atoms with Gasteiger partial charge in [0.05, 0.1) is 16.5 Å². The third-order valence-corrected chi connectivity index (χ3v) is 6.08. The van der Waals surface area contributed by atoms with Gasteiger partial charge in [0, 0.05) is 13.1 Å². The third-order valence-electron chi connectivity index (χ3n) is 2.53. The van der Waals surface area contributed by atoms with Gasteiger partial charge in [-0.1, -0.05) is 11.6 Å². The van der Waals surface area contributed by atoms with Gasteiger partial charge < -0.3 is 4.74 Å². The number of morpholine rings is 1. The first kappa shape index (κ1) is 13.3. The van der Waals surface area contributed by atoms with E-state index < -0.39 is 15.6 Å². The summed E-state index contributed by atoms with van der Waals surface area (Å²) in [7, 11) is -3.42. The lowest BCUT2D eigenvalue weighted by Crippen LogP contribution is -2.50. The second kappa shape index (κ2) is 4.51. The minimum Gasteiger partial charge on any atom is -0.373 e. The summed E-state index contributed by atoms with van der Waals surface area (Å²) in [5, 5.41) is 0. The van der Waals surface area contributed by atoms with Gasteiger partial charge >= 0.3 is 0 Å². The minimum absolute atomic E-state index is 0.292. The van der Waals surface area contributed by atoms with Crippen LogP contribution in [0.25, 0.3) is 0 Å². The summed E-state index contributed by atoms with van der Waals surface area (Å²) >= 11 is 6.86. The smallest absolute Gasteiger partial charge is 0.252 e. The lowest BCUT2D eigenvalue weighted by atomic mass is 10.1. The van der Waals surface area contributed by atoms with Crippen molar-refractivity contribution in [2.45, 2.75) is 23.7 Å².